The van der Waals surface area contributed by atoms with Crippen molar-refractivity contribution in [2.24, 2.45) is 0 Å². The summed E-state index contributed by atoms with van der Waals surface area (Å²) in [6, 6.07) is 6.55. The highest BCUT2D eigenvalue weighted by Gasteiger charge is 2.23. The fourth-order valence-corrected chi connectivity index (χ4v) is 1.62. The van der Waals surface area contributed by atoms with Crippen molar-refractivity contribution in [3.8, 4) is 0 Å². The average Bonchev–Trinajstić information content (AvgIpc) is 2.92. The first kappa shape index (κ1) is 9.47. The molecule has 0 aliphatic carbocycles. The van der Waals surface area contributed by atoms with Crippen LogP contribution < -0.4 is 0 Å². The smallest absolute Gasteiger partial charge is 0.0850 e. The van der Waals surface area contributed by atoms with Crippen molar-refractivity contribution < 1.29 is 4.74 Å². The van der Waals surface area contributed by atoms with E-state index < -0.39 is 0 Å². The predicted molar refractivity (Wildman–Crippen MR) is 59.3 cm³/mol. The van der Waals surface area contributed by atoms with E-state index in [4.69, 9.17) is 4.74 Å². The van der Waals surface area contributed by atoms with E-state index in [1.54, 1.807) is 0 Å². The van der Waals surface area contributed by atoms with Gasteiger partial charge in [0.05, 0.1) is 12.7 Å². The summed E-state index contributed by atoms with van der Waals surface area (Å²) in [6.07, 6.45) is 1.53. The molecular formula is C13H16O. The zero-order valence-corrected chi connectivity index (χ0v) is 8.84. The SMILES string of the molecule is C=C(C)c1ccc(CC2CO2)c(C)c1. The van der Waals surface area contributed by atoms with E-state index in [9.17, 15) is 0 Å². The first-order valence-corrected chi connectivity index (χ1v) is 5.04. The number of epoxide rings is 1. The van der Waals surface area contributed by atoms with Crippen molar-refractivity contribution in [1.29, 1.82) is 0 Å². The molecule has 1 aromatic carbocycles. The third-order valence-electron chi connectivity index (χ3n) is 2.69. The maximum atomic E-state index is 5.23. The Labute approximate surface area is 85.4 Å². The highest BCUT2D eigenvalue weighted by Crippen LogP contribution is 2.21. The summed E-state index contributed by atoms with van der Waals surface area (Å²) in [7, 11) is 0. The van der Waals surface area contributed by atoms with Gasteiger partial charge in [-0.05, 0) is 30.5 Å². The van der Waals surface area contributed by atoms with Crippen molar-refractivity contribution in [1.82, 2.24) is 0 Å². The summed E-state index contributed by atoms with van der Waals surface area (Å²) >= 11 is 0. The fraction of sp³-hybridized carbons (Fsp3) is 0.385. The lowest BCUT2D eigenvalue weighted by Gasteiger charge is -2.07. The lowest BCUT2D eigenvalue weighted by atomic mass is 9.99. The molecule has 0 amide bonds. The molecule has 1 atom stereocenters. The lowest BCUT2D eigenvalue weighted by Crippen LogP contribution is -1.96. The van der Waals surface area contributed by atoms with Crippen LogP contribution in [0.15, 0.2) is 24.8 Å². The molecule has 1 saturated heterocycles. The number of aryl methyl sites for hydroxylation is 1. The molecule has 1 aliphatic heterocycles. The molecule has 1 nitrogen and oxygen atoms in total. The summed E-state index contributed by atoms with van der Waals surface area (Å²) in [5.41, 5.74) is 5.11. The van der Waals surface area contributed by atoms with Crippen LogP contribution in [0, 0.1) is 6.92 Å². The molecule has 1 heterocycles. The summed E-state index contributed by atoms with van der Waals surface area (Å²) < 4.78 is 5.23. The van der Waals surface area contributed by atoms with Crippen LogP contribution in [0.2, 0.25) is 0 Å². The minimum atomic E-state index is 0.476. The Morgan fingerprint density at radius 1 is 1.57 bits per heavy atom. The first-order valence-electron chi connectivity index (χ1n) is 5.04. The van der Waals surface area contributed by atoms with Gasteiger partial charge in [0.25, 0.3) is 0 Å². The van der Waals surface area contributed by atoms with Gasteiger partial charge in [-0.2, -0.15) is 0 Å². The second-order valence-corrected chi connectivity index (χ2v) is 4.08. The quantitative estimate of drug-likeness (QED) is 0.664. The van der Waals surface area contributed by atoms with Crippen LogP contribution in [0.25, 0.3) is 5.57 Å². The van der Waals surface area contributed by atoms with E-state index in [-0.39, 0.29) is 0 Å². The Balaban J connectivity index is 2.21. The van der Waals surface area contributed by atoms with Gasteiger partial charge in [-0.1, -0.05) is 30.4 Å². The zero-order valence-electron chi connectivity index (χ0n) is 8.84. The average molecular weight is 188 g/mol. The van der Waals surface area contributed by atoms with Crippen molar-refractivity contribution >= 4 is 5.57 Å². The van der Waals surface area contributed by atoms with E-state index in [1.807, 2.05) is 6.92 Å². The van der Waals surface area contributed by atoms with Gasteiger partial charge in [-0.3, -0.25) is 0 Å². The van der Waals surface area contributed by atoms with Crippen molar-refractivity contribution in [2.75, 3.05) is 6.61 Å². The molecule has 2 rings (SSSR count). The summed E-state index contributed by atoms with van der Waals surface area (Å²) in [5, 5.41) is 0. The number of ether oxygens (including phenoxy) is 1. The molecule has 1 heteroatoms. The van der Waals surface area contributed by atoms with Crippen LogP contribution in [-0.2, 0) is 11.2 Å². The monoisotopic (exact) mass is 188 g/mol. The summed E-state index contributed by atoms with van der Waals surface area (Å²) in [6.45, 7) is 9.07. The maximum absolute atomic E-state index is 5.23. The minimum Gasteiger partial charge on any atom is -0.373 e. The van der Waals surface area contributed by atoms with Gasteiger partial charge in [0.2, 0.25) is 0 Å². The second kappa shape index (κ2) is 3.58. The van der Waals surface area contributed by atoms with Gasteiger partial charge >= 0.3 is 0 Å². The Morgan fingerprint density at radius 2 is 2.29 bits per heavy atom. The van der Waals surface area contributed by atoms with Crippen molar-refractivity contribution in [2.45, 2.75) is 26.4 Å². The normalized spacial score (nSPS) is 19.4. The molecule has 14 heavy (non-hydrogen) atoms. The number of benzene rings is 1. The van der Waals surface area contributed by atoms with Crippen LogP contribution in [0.3, 0.4) is 0 Å². The van der Waals surface area contributed by atoms with Gasteiger partial charge in [-0.25, -0.2) is 0 Å². The number of rotatable bonds is 3. The molecule has 1 fully saturated rings. The highest BCUT2D eigenvalue weighted by molar-refractivity contribution is 5.62. The van der Waals surface area contributed by atoms with Gasteiger partial charge in [0, 0.05) is 6.42 Å². The molecule has 0 N–H and O–H groups in total. The predicted octanol–water partition coefficient (Wildman–Crippen LogP) is 2.97. The molecule has 0 spiro atoms. The Hall–Kier alpha value is -1.08. The van der Waals surface area contributed by atoms with E-state index in [2.05, 4.69) is 31.7 Å². The van der Waals surface area contributed by atoms with E-state index in [1.165, 1.54) is 16.7 Å². The zero-order chi connectivity index (χ0) is 10.1. The fourth-order valence-electron chi connectivity index (χ4n) is 1.62. The molecule has 0 radical (unpaired) electrons. The third-order valence-corrected chi connectivity index (χ3v) is 2.69. The van der Waals surface area contributed by atoms with E-state index >= 15 is 0 Å². The molecule has 0 bridgehead atoms. The number of hydrogen-bond donors (Lipinski definition) is 0. The van der Waals surface area contributed by atoms with Crippen molar-refractivity contribution in [3.63, 3.8) is 0 Å². The molecule has 74 valence electrons. The number of allylic oxidation sites excluding steroid dienone is 1. The summed E-state index contributed by atoms with van der Waals surface area (Å²) in [5.74, 6) is 0. The largest absolute Gasteiger partial charge is 0.373 e. The minimum absolute atomic E-state index is 0.476. The summed E-state index contributed by atoms with van der Waals surface area (Å²) in [4.78, 5) is 0. The first-order chi connectivity index (χ1) is 6.66. The Kier molecular flexibility index (Phi) is 2.42. The molecular weight excluding hydrogens is 172 g/mol. The maximum Gasteiger partial charge on any atom is 0.0850 e. The second-order valence-electron chi connectivity index (χ2n) is 4.08. The van der Waals surface area contributed by atoms with Crippen LogP contribution in [0.5, 0.6) is 0 Å². The highest BCUT2D eigenvalue weighted by atomic mass is 16.6. The molecule has 1 unspecified atom stereocenters. The Morgan fingerprint density at radius 3 is 2.79 bits per heavy atom. The molecule has 1 aromatic rings. The van der Waals surface area contributed by atoms with Crippen LogP contribution in [-0.4, -0.2) is 12.7 Å². The molecule has 0 aromatic heterocycles. The standard InChI is InChI=1S/C13H16O/c1-9(2)11-4-5-12(10(3)6-11)7-13-8-14-13/h4-6,13H,1,7-8H2,2-3H3. The lowest BCUT2D eigenvalue weighted by molar-refractivity contribution is 0.407. The van der Waals surface area contributed by atoms with Crippen LogP contribution in [0.1, 0.15) is 23.6 Å². The third kappa shape index (κ3) is 2.05. The number of hydrogen-bond acceptors (Lipinski definition) is 1. The topological polar surface area (TPSA) is 12.5 Å². The van der Waals surface area contributed by atoms with Gasteiger partial charge in [-0.15, -0.1) is 0 Å². The Bertz CT molecular complexity index is 361. The van der Waals surface area contributed by atoms with E-state index in [0.717, 1.165) is 18.6 Å². The van der Waals surface area contributed by atoms with Crippen molar-refractivity contribution in [3.05, 3.63) is 41.5 Å². The molecule has 0 saturated carbocycles. The van der Waals surface area contributed by atoms with Crippen LogP contribution >= 0.6 is 0 Å². The van der Waals surface area contributed by atoms with Gasteiger partial charge in [0.1, 0.15) is 0 Å². The van der Waals surface area contributed by atoms with E-state index in [0.29, 0.717) is 6.10 Å². The van der Waals surface area contributed by atoms with Gasteiger partial charge < -0.3 is 4.74 Å². The van der Waals surface area contributed by atoms with Gasteiger partial charge in [0.15, 0.2) is 0 Å². The molecule has 1 aliphatic rings. The van der Waals surface area contributed by atoms with Crippen LogP contribution in [0.4, 0.5) is 0 Å².